The van der Waals surface area contributed by atoms with Gasteiger partial charge in [-0.25, -0.2) is 0 Å². The van der Waals surface area contributed by atoms with Crippen molar-refractivity contribution < 1.29 is 14.3 Å². The molecule has 1 aromatic rings. The first-order valence-corrected chi connectivity index (χ1v) is 7.18. The molecule has 1 aliphatic rings. The molecule has 1 amide bonds. The molecule has 1 heterocycles. The van der Waals surface area contributed by atoms with Gasteiger partial charge in [-0.2, -0.15) is 0 Å². The SMILES string of the molecule is CCCC(CCO)CNC(=O)C1CC1c1ccco1. The standard InChI is InChI=1S/C15H23NO3/c1-2-4-11(6-7-17)10-16-15(18)13-9-12(13)14-5-3-8-19-14/h3,5,8,11-13,17H,2,4,6-7,9-10H2,1H3,(H,16,18). The molecule has 2 rings (SSSR count). The van der Waals surface area contributed by atoms with Crippen LogP contribution in [0.25, 0.3) is 0 Å². The maximum Gasteiger partial charge on any atom is 0.223 e. The van der Waals surface area contributed by atoms with Crippen LogP contribution in [-0.2, 0) is 4.79 Å². The van der Waals surface area contributed by atoms with Crippen LogP contribution in [0.5, 0.6) is 0 Å². The van der Waals surface area contributed by atoms with Crippen molar-refractivity contribution in [2.75, 3.05) is 13.2 Å². The van der Waals surface area contributed by atoms with Gasteiger partial charge < -0.3 is 14.8 Å². The van der Waals surface area contributed by atoms with E-state index in [1.807, 2.05) is 12.1 Å². The second-order valence-electron chi connectivity index (χ2n) is 5.38. The molecule has 3 unspecified atom stereocenters. The van der Waals surface area contributed by atoms with Gasteiger partial charge in [0.25, 0.3) is 0 Å². The number of amides is 1. The van der Waals surface area contributed by atoms with E-state index in [1.165, 1.54) is 0 Å². The summed E-state index contributed by atoms with van der Waals surface area (Å²) in [6.45, 7) is 2.99. The van der Waals surface area contributed by atoms with E-state index < -0.39 is 0 Å². The number of aliphatic hydroxyl groups is 1. The first kappa shape index (κ1) is 14.1. The number of hydrogen-bond donors (Lipinski definition) is 2. The number of carbonyl (C=O) groups is 1. The lowest BCUT2D eigenvalue weighted by atomic mass is 10.0. The summed E-state index contributed by atoms with van der Waals surface area (Å²) in [5.74, 6) is 1.76. The van der Waals surface area contributed by atoms with Gasteiger partial charge in [0, 0.05) is 25.0 Å². The third-order valence-corrected chi connectivity index (χ3v) is 3.84. The maximum atomic E-state index is 12.0. The van der Waals surface area contributed by atoms with Crippen molar-refractivity contribution in [2.24, 2.45) is 11.8 Å². The van der Waals surface area contributed by atoms with Crippen molar-refractivity contribution in [3.05, 3.63) is 24.2 Å². The van der Waals surface area contributed by atoms with Gasteiger partial charge in [0.2, 0.25) is 5.91 Å². The monoisotopic (exact) mass is 265 g/mol. The predicted octanol–water partition coefficient (Wildman–Crippen LogP) is 2.30. The van der Waals surface area contributed by atoms with Crippen LogP contribution in [0, 0.1) is 11.8 Å². The Balaban J connectivity index is 1.73. The van der Waals surface area contributed by atoms with E-state index in [0.717, 1.165) is 31.4 Å². The molecule has 0 spiro atoms. The van der Waals surface area contributed by atoms with E-state index in [-0.39, 0.29) is 24.3 Å². The minimum atomic E-state index is 0.0718. The molecule has 0 aliphatic heterocycles. The van der Waals surface area contributed by atoms with E-state index in [4.69, 9.17) is 9.52 Å². The van der Waals surface area contributed by atoms with Gasteiger partial charge >= 0.3 is 0 Å². The van der Waals surface area contributed by atoms with Gasteiger partial charge in [0.1, 0.15) is 5.76 Å². The Bertz CT molecular complexity index is 382. The third kappa shape index (κ3) is 3.83. The van der Waals surface area contributed by atoms with Crippen molar-refractivity contribution in [1.29, 1.82) is 0 Å². The smallest absolute Gasteiger partial charge is 0.223 e. The van der Waals surface area contributed by atoms with Gasteiger partial charge in [-0.05, 0) is 37.3 Å². The van der Waals surface area contributed by atoms with E-state index in [1.54, 1.807) is 6.26 Å². The average Bonchev–Trinajstić information content (AvgIpc) is 3.02. The normalized spacial score (nSPS) is 23.1. The topological polar surface area (TPSA) is 62.5 Å². The second kappa shape index (κ2) is 6.75. The highest BCUT2D eigenvalue weighted by molar-refractivity contribution is 5.82. The molecular weight excluding hydrogens is 242 g/mol. The van der Waals surface area contributed by atoms with Gasteiger partial charge in [0.05, 0.1) is 6.26 Å². The summed E-state index contributed by atoms with van der Waals surface area (Å²) >= 11 is 0. The van der Waals surface area contributed by atoms with Gasteiger partial charge in [0.15, 0.2) is 0 Å². The first-order valence-electron chi connectivity index (χ1n) is 7.18. The summed E-state index contributed by atoms with van der Waals surface area (Å²) in [7, 11) is 0. The molecule has 1 aliphatic carbocycles. The minimum Gasteiger partial charge on any atom is -0.469 e. The van der Waals surface area contributed by atoms with Crippen molar-refractivity contribution in [3.63, 3.8) is 0 Å². The summed E-state index contributed by atoms with van der Waals surface area (Å²) in [6.07, 6.45) is 5.44. The average molecular weight is 265 g/mol. The molecule has 19 heavy (non-hydrogen) atoms. The van der Waals surface area contributed by atoms with Gasteiger partial charge in [-0.1, -0.05) is 13.3 Å². The lowest BCUT2D eigenvalue weighted by molar-refractivity contribution is -0.122. The summed E-state index contributed by atoms with van der Waals surface area (Å²) in [5, 5.41) is 12.0. The predicted molar refractivity (Wildman–Crippen MR) is 72.7 cm³/mol. The number of aliphatic hydroxyl groups excluding tert-OH is 1. The van der Waals surface area contributed by atoms with Crippen LogP contribution in [0.2, 0.25) is 0 Å². The zero-order valence-corrected chi connectivity index (χ0v) is 11.5. The molecule has 106 valence electrons. The molecule has 2 N–H and O–H groups in total. The van der Waals surface area contributed by atoms with E-state index in [0.29, 0.717) is 12.5 Å². The lowest BCUT2D eigenvalue weighted by Gasteiger charge is -2.15. The van der Waals surface area contributed by atoms with Crippen LogP contribution in [0.1, 0.15) is 44.3 Å². The number of hydrogen-bond acceptors (Lipinski definition) is 3. The Morgan fingerprint density at radius 3 is 3.05 bits per heavy atom. The van der Waals surface area contributed by atoms with Crippen LogP contribution < -0.4 is 5.32 Å². The van der Waals surface area contributed by atoms with Crippen LogP contribution in [0.4, 0.5) is 0 Å². The number of nitrogens with one attached hydrogen (secondary N) is 1. The molecule has 3 atom stereocenters. The van der Waals surface area contributed by atoms with Crippen molar-refractivity contribution >= 4 is 5.91 Å². The number of rotatable bonds is 8. The molecule has 4 nitrogen and oxygen atoms in total. The van der Waals surface area contributed by atoms with Gasteiger partial charge in [-0.15, -0.1) is 0 Å². The first-order chi connectivity index (χ1) is 9.26. The molecule has 1 fully saturated rings. The number of furan rings is 1. The number of carbonyl (C=O) groups excluding carboxylic acids is 1. The molecule has 0 aromatic carbocycles. The zero-order valence-electron chi connectivity index (χ0n) is 11.5. The Labute approximate surface area is 114 Å². The van der Waals surface area contributed by atoms with Crippen LogP contribution in [-0.4, -0.2) is 24.2 Å². The Morgan fingerprint density at radius 2 is 2.42 bits per heavy atom. The maximum absolute atomic E-state index is 12.0. The summed E-state index contributed by atoms with van der Waals surface area (Å²) in [6, 6.07) is 3.80. The molecule has 0 bridgehead atoms. The third-order valence-electron chi connectivity index (χ3n) is 3.84. The van der Waals surface area contributed by atoms with Gasteiger partial charge in [-0.3, -0.25) is 4.79 Å². The molecule has 1 saturated carbocycles. The van der Waals surface area contributed by atoms with Crippen LogP contribution >= 0.6 is 0 Å². The summed E-state index contributed by atoms with van der Waals surface area (Å²) < 4.78 is 5.33. The quantitative estimate of drug-likeness (QED) is 0.758. The minimum absolute atomic E-state index is 0.0718. The molecule has 1 aromatic heterocycles. The van der Waals surface area contributed by atoms with E-state index in [9.17, 15) is 4.79 Å². The fraction of sp³-hybridized carbons (Fsp3) is 0.667. The fourth-order valence-corrected chi connectivity index (χ4v) is 2.62. The highest BCUT2D eigenvalue weighted by atomic mass is 16.3. The summed E-state index contributed by atoms with van der Waals surface area (Å²) in [4.78, 5) is 12.0. The largest absolute Gasteiger partial charge is 0.469 e. The highest BCUT2D eigenvalue weighted by Crippen LogP contribution is 2.47. The van der Waals surface area contributed by atoms with Crippen molar-refractivity contribution in [3.8, 4) is 0 Å². The van der Waals surface area contributed by atoms with E-state index in [2.05, 4.69) is 12.2 Å². The van der Waals surface area contributed by atoms with E-state index >= 15 is 0 Å². The lowest BCUT2D eigenvalue weighted by Crippen LogP contribution is -2.31. The van der Waals surface area contributed by atoms with Crippen LogP contribution in [0.3, 0.4) is 0 Å². The zero-order chi connectivity index (χ0) is 13.7. The molecule has 4 heteroatoms. The molecule has 0 saturated heterocycles. The Morgan fingerprint density at radius 1 is 1.58 bits per heavy atom. The summed E-state index contributed by atoms with van der Waals surface area (Å²) in [5.41, 5.74) is 0. The van der Waals surface area contributed by atoms with Crippen molar-refractivity contribution in [1.82, 2.24) is 5.32 Å². The van der Waals surface area contributed by atoms with Crippen molar-refractivity contribution in [2.45, 2.75) is 38.5 Å². The highest BCUT2D eigenvalue weighted by Gasteiger charge is 2.45. The Kier molecular flexibility index (Phi) is 5.02. The molecular formula is C15H23NO3. The second-order valence-corrected chi connectivity index (χ2v) is 5.38. The molecule has 0 radical (unpaired) electrons. The Hall–Kier alpha value is -1.29. The van der Waals surface area contributed by atoms with Crippen LogP contribution in [0.15, 0.2) is 22.8 Å². The fourth-order valence-electron chi connectivity index (χ4n) is 2.62.